The predicted molar refractivity (Wildman–Crippen MR) is 91.9 cm³/mol. The number of nitrogens with one attached hydrogen (secondary N) is 2. The molecule has 0 aliphatic rings. The van der Waals surface area contributed by atoms with E-state index in [0.717, 1.165) is 16.7 Å². The molecule has 1 atom stereocenters. The fourth-order valence-electron chi connectivity index (χ4n) is 2.26. The lowest BCUT2D eigenvalue weighted by atomic mass is 10.2. The third-order valence-corrected chi connectivity index (χ3v) is 3.38. The summed E-state index contributed by atoms with van der Waals surface area (Å²) < 4.78 is 7.03. The maximum atomic E-state index is 11.9. The Morgan fingerprint density at radius 2 is 2.17 bits per heavy atom. The number of urea groups is 1. The first-order valence-electron chi connectivity index (χ1n) is 7.96. The summed E-state index contributed by atoms with van der Waals surface area (Å²) in [7, 11) is 1.82. The van der Waals surface area contributed by atoms with E-state index in [4.69, 9.17) is 4.74 Å². The highest BCUT2D eigenvalue weighted by molar-refractivity contribution is 5.92. The van der Waals surface area contributed by atoms with Gasteiger partial charge in [0.15, 0.2) is 5.65 Å². The van der Waals surface area contributed by atoms with Crippen LogP contribution < -0.4 is 10.6 Å². The zero-order chi connectivity index (χ0) is 17.7. The maximum absolute atomic E-state index is 11.9. The van der Waals surface area contributed by atoms with Gasteiger partial charge >= 0.3 is 6.03 Å². The molecule has 0 aromatic carbocycles. The molecule has 0 aliphatic carbocycles. The lowest BCUT2D eigenvalue weighted by Gasteiger charge is -2.14. The van der Waals surface area contributed by atoms with Gasteiger partial charge in [0.2, 0.25) is 0 Å². The first-order chi connectivity index (χ1) is 11.4. The molecule has 2 heterocycles. The number of aromatic nitrogens is 3. The van der Waals surface area contributed by atoms with Gasteiger partial charge in [0.25, 0.3) is 0 Å². The second-order valence-corrected chi connectivity index (χ2v) is 6.22. The van der Waals surface area contributed by atoms with E-state index in [-0.39, 0.29) is 13.2 Å². The Balaban J connectivity index is 1.83. The normalized spacial score (nSPS) is 12.6. The summed E-state index contributed by atoms with van der Waals surface area (Å²) in [5.41, 5.74) is 2.18. The summed E-state index contributed by atoms with van der Waals surface area (Å²) >= 11 is 0. The fraction of sp³-hybridized carbons (Fsp3) is 0.562. The number of hydrogen-bond acceptors (Lipinski definition) is 5. The average Bonchev–Trinajstić information content (AvgIpc) is 2.79. The molecule has 8 nitrogen and oxygen atoms in total. The van der Waals surface area contributed by atoms with E-state index in [1.807, 2.05) is 33.9 Å². The fourth-order valence-corrected chi connectivity index (χ4v) is 2.26. The Kier molecular flexibility index (Phi) is 6.10. The molecule has 2 aromatic rings. The number of rotatable bonds is 7. The zero-order valence-electron chi connectivity index (χ0n) is 14.5. The molecule has 0 bridgehead atoms. The van der Waals surface area contributed by atoms with Crippen molar-refractivity contribution in [2.75, 3.05) is 25.1 Å². The highest BCUT2D eigenvalue weighted by Gasteiger charge is 2.10. The molecule has 0 unspecified atom stereocenters. The summed E-state index contributed by atoms with van der Waals surface area (Å²) in [5.74, 6) is 0.409. The second-order valence-electron chi connectivity index (χ2n) is 6.22. The van der Waals surface area contributed by atoms with Crippen LogP contribution in [-0.4, -0.2) is 51.8 Å². The first kappa shape index (κ1) is 18.2. The number of carbonyl (C=O) groups excluding carboxylic acids is 1. The summed E-state index contributed by atoms with van der Waals surface area (Å²) in [4.78, 5) is 16.2. The quantitative estimate of drug-likeness (QED) is 0.710. The first-order valence-corrected chi connectivity index (χ1v) is 7.96. The summed E-state index contributed by atoms with van der Waals surface area (Å²) in [6.45, 7) is 6.85. The largest absolute Gasteiger partial charge is 0.389 e. The number of hydrogen-bond donors (Lipinski definition) is 3. The molecule has 2 aromatic heterocycles. The molecule has 0 saturated heterocycles. The lowest BCUT2D eigenvalue weighted by Crippen LogP contribution is -2.37. The minimum atomic E-state index is -0.740. The van der Waals surface area contributed by atoms with Gasteiger partial charge in [-0.15, -0.1) is 0 Å². The zero-order valence-corrected chi connectivity index (χ0v) is 14.5. The van der Waals surface area contributed by atoms with E-state index < -0.39 is 12.1 Å². The number of anilines is 1. The monoisotopic (exact) mass is 335 g/mol. The van der Waals surface area contributed by atoms with Crippen molar-refractivity contribution >= 4 is 22.8 Å². The van der Waals surface area contributed by atoms with E-state index >= 15 is 0 Å². The number of amides is 2. The third kappa shape index (κ3) is 4.90. The molecule has 2 amide bonds. The lowest BCUT2D eigenvalue weighted by molar-refractivity contribution is 0.0274. The van der Waals surface area contributed by atoms with E-state index in [1.165, 1.54) is 0 Å². The van der Waals surface area contributed by atoms with Crippen molar-refractivity contribution in [2.24, 2.45) is 13.0 Å². The smallest absolute Gasteiger partial charge is 0.319 e. The number of ether oxygens (including phenoxy) is 1. The van der Waals surface area contributed by atoms with Gasteiger partial charge in [-0.1, -0.05) is 13.8 Å². The highest BCUT2D eigenvalue weighted by atomic mass is 16.5. The van der Waals surface area contributed by atoms with E-state index in [9.17, 15) is 9.90 Å². The molecular formula is C16H25N5O3. The van der Waals surface area contributed by atoms with Gasteiger partial charge < -0.3 is 20.5 Å². The van der Waals surface area contributed by atoms with Crippen LogP contribution in [0.25, 0.3) is 11.0 Å². The Labute approximate surface area is 141 Å². The number of aliphatic hydroxyl groups is 1. The van der Waals surface area contributed by atoms with Crippen LogP contribution in [0, 0.1) is 12.8 Å². The molecular weight excluding hydrogens is 310 g/mol. The van der Waals surface area contributed by atoms with Crippen LogP contribution in [0.1, 0.15) is 19.5 Å². The van der Waals surface area contributed by atoms with Gasteiger partial charge in [-0.2, -0.15) is 5.10 Å². The molecule has 3 N–H and O–H groups in total. The van der Waals surface area contributed by atoms with Gasteiger partial charge in [-0.05, 0) is 18.9 Å². The third-order valence-electron chi connectivity index (χ3n) is 3.38. The molecule has 0 saturated carbocycles. The summed E-state index contributed by atoms with van der Waals surface area (Å²) in [6.07, 6.45) is 0.834. The van der Waals surface area contributed by atoms with E-state index in [1.54, 1.807) is 10.9 Å². The average molecular weight is 335 g/mol. The van der Waals surface area contributed by atoms with Crippen molar-refractivity contribution in [3.05, 3.63) is 18.0 Å². The number of pyridine rings is 1. The Morgan fingerprint density at radius 1 is 1.42 bits per heavy atom. The van der Waals surface area contributed by atoms with Crippen molar-refractivity contribution < 1.29 is 14.6 Å². The molecule has 2 rings (SSSR count). The predicted octanol–water partition coefficient (Wildman–Crippen LogP) is 1.43. The molecule has 8 heteroatoms. The van der Waals surface area contributed by atoms with Crippen molar-refractivity contribution in [3.63, 3.8) is 0 Å². The number of fused-ring (bicyclic) bond motifs is 1. The van der Waals surface area contributed by atoms with Crippen molar-refractivity contribution in [1.29, 1.82) is 0 Å². The molecule has 24 heavy (non-hydrogen) atoms. The van der Waals surface area contributed by atoms with Crippen LogP contribution in [0.4, 0.5) is 10.5 Å². The van der Waals surface area contributed by atoms with Crippen molar-refractivity contribution in [1.82, 2.24) is 20.1 Å². The van der Waals surface area contributed by atoms with Gasteiger partial charge in [0.05, 0.1) is 30.3 Å². The molecule has 0 spiro atoms. The summed E-state index contributed by atoms with van der Waals surface area (Å²) in [6, 6.07) is 1.42. The Morgan fingerprint density at radius 3 is 2.88 bits per heavy atom. The minimum Gasteiger partial charge on any atom is -0.389 e. The molecule has 0 radical (unpaired) electrons. The van der Waals surface area contributed by atoms with Crippen molar-refractivity contribution in [3.8, 4) is 0 Å². The van der Waals surface area contributed by atoms with Crippen LogP contribution >= 0.6 is 0 Å². The van der Waals surface area contributed by atoms with Crippen LogP contribution in [-0.2, 0) is 11.8 Å². The van der Waals surface area contributed by atoms with Crippen molar-refractivity contribution in [2.45, 2.75) is 26.9 Å². The Bertz CT molecular complexity index is 698. The molecule has 0 aliphatic heterocycles. The van der Waals surface area contributed by atoms with E-state index in [0.29, 0.717) is 18.2 Å². The van der Waals surface area contributed by atoms with Gasteiger partial charge in [-0.25, -0.2) is 9.78 Å². The van der Waals surface area contributed by atoms with Crippen LogP contribution in [0.3, 0.4) is 0 Å². The van der Waals surface area contributed by atoms with Crippen LogP contribution in [0.15, 0.2) is 12.3 Å². The minimum absolute atomic E-state index is 0.117. The number of aliphatic hydroxyl groups excluding tert-OH is 1. The second kappa shape index (κ2) is 8.07. The molecule has 132 valence electrons. The highest BCUT2D eigenvalue weighted by Crippen LogP contribution is 2.19. The van der Waals surface area contributed by atoms with Gasteiger partial charge in [-0.3, -0.25) is 4.68 Å². The maximum Gasteiger partial charge on any atom is 0.319 e. The number of carbonyl (C=O) groups is 1. The standard InChI is InChI=1S/C16H25N5O3/c1-10(2)8-24-9-13(22)7-18-16(23)19-12-5-14-11(3)20-21(4)15(14)17-6-12/h5-6,10,13,22H,7-9H2,1-4H3,(H2,18,19,23)/t13-/m0/s1. The Hall–Kier alpha value is -2.19. The van der Waals surface area contributed by atoms with Gasteiger partial charge in [0, 0.05) is 25.6 Å². The summed E-state index contributed by atoms with van der Waals surface area (Å²) in [5, 5.41) is 20.2. The number of aryl methyl sites for hydroxylation is 2. The number of nitrogens with zero attached hydrogens (tertiary/aromatic N) is 3. The van der Waals surface area contributed by atoms with Crippen LogP contribution in [0.5, 0.6) is 0 Å². The van der Waals surface area contributed by atoms with E-state index in [2.05, 4.69) is 20.7 Å². The SMILES string of the molecule is Cc1nn(C)c2ncc(NC(=O)NC[C@H](O)COCC(C)C)cc12. The van der Waals surface area contributed by atoms with Gasteiger partial charge in [0.1, 0.15) is 0 Å². The topological polar surface area (TPSA) is 101 Å². The molecule has 0 fully saturated rings. The van der Waals surface area contributed by atoms with Crippen LogP contribution in [0.2, 0.25) is 0 Å².